The van der Waals surface area contributed by atoms with Crippen molar-refractivity contribution in [2.24, 2.45) is 10.3 Å². The number of aldehydes is 1. The van der Waals surface area contributed by atoms with E-state index < -0.39 is 95.3 Å². The number of hydrogen-bond acceptors (Lipinski definition) is 3. The van der Waals surface area contributed by atoms with Crippen LogP contribution >= 0.6 is 0 Å². The zero-order valence-electron chi connectivity index (χ0n) is 32.4. The predicted octanol–water partition coefficient (Wildman–Crippen LogP) is 14.8. The van der Waals surface area contributed by atoms with Gasteiger partial charge in [-0.05, 0) is 47.2 Å². The fourth-order valence-electron chi connectivity index (χ4n) is 5.45. The van der Waals surface area contributed by atoms with E-state index in [0.717, 1.165) is 41.4 Å². The Labute approximate surface area is 354 Å². The van der Waals surface area contributed by atoms with Crippen LogP contribution < -0.4 is 0 Å². The zero-order valence-corrected chi connectivity index (χ0v) is 32.4. The van der Waals surface area contributed by atoms with Gasteiger partial charge in [0.25, 0.3) is 0 Å². The van der Waals surface area contributed by atoms with Crippen molar-refractivity contribution in [1.29, 1.82) is 0 Å². The molecule has 28 heteroatoms. The summed E-state index contributed by atoms with van der Waals surface area (Å²) in [6.07, 6.45) is -13.8. The second-order valence-corrected chi connectivity index (χ2v) is 14.1. The maximum atomic E-state index is 14.5. The Morgan fingerprint density at radius 1 is 0.500 bits per heavy atom. The molecule has 0 fully saturated rings. The van der Waals surface area contributed by atoms with Crippen LogP contribution in [0.2, 0.25) is 0 Å². The molecule has 0 saturated carbocycles. The molecule has 3 aromatic rings. The van der Waals surface area contributed by atoms with Crippen LogP contribution in [0.15, 0.2) is 77.1 Å². The Kier molecular flexibility index (Phi) is 15.4. The van der Waals surface area contributed by atoms with E-state index in [4.69, 9.17) is 0 Å². The minimum atomic E-state index is -9.25. The molecule has 66 heavy (non-hydrogen) atoms. The van der Waals surface area contributed by atoms with Crippen molar-refractivity contribution >= 4 is 24.1 Å². The Balaban J connectivity index is 1.82. The van der Waals surface area contributed by atoms with Gasteiger partial charge < -0.3 is 0 Å². The van der Waals surface area contributed by atoms with Crippen molar-refractivity contribution in [3.05, 3.63) is 100 Å². The molecule has 0 saturated heterocycles. The highest BCUT2D eigenvalue weighted by Gasteiger charge is 2.97. The minimum Gasteiger partial charge on any atom is -0.298 e. The average molecular weight is 998 g/mol. The van der Waals surface area contributed by atoms with Gasteiger partial charge in [0.15, 0.2) is 0 Å². The van der Waals surface area contributed by atoms with Crippen molar-refractivity contribution in [3.8, 4) is 0 Å². The summed E-state index contributed by atoms with van der Waals surface area (Å²) >= 11 is 0. The maximum absolute atomic E-state index is 14.5. The summed E-state index contributed by atoms with van der Waals surface area (Å²) in [5.74, 6) is -77.6. The largest absolute Gasteiger partial charge is 0.460 e. The third kappa shape index (κ3) is 10.0. The lowest BCUT2D eigenvalue weighted by molar-refractivity contribution is -0.474. The van der Waals surface area contributed by atoms with E-state index in [-0.39, 0.29) is 30.6 Å². The third-order valence-corrected chi connectivity index (χ3v) is 9.32. The fourth-order valence-corrected chi connectivity index (χ4v) is 5.45. The number of carbonyl (C=O) groups excluding carboxylic acids is 1. The summed E-state index contributed by atoms with van der Waals surface area (Å²) < 4.78 is 330. The van der Waals surface area contributed by atoms with Crippen LogP contribution in [0.3, 0.4) is 0 Å². The fraction of sp³-hybridized carbons (Fsp3) is 0.447. The summed E-state index contributed by atoms with van der Waals surface area (Å²) in [7, 11) is 0. The number of hydrogen-bond donors (Lipinski definition) is 0. The van der Waals surface area contributed by atoms with Crippen molar-refractivity contribution in [1.82, 2.24) is 5.01 Å². The van der Waals surface area contributed by atoms with Crippen LogP contribution in [-0.4, -0.2) is 77.3 Å². The van der Waals surface area contributed by atoms with Gasteiger partial charge in [-0.3, -0.25) is 9.80 Å². The van der Waals surface area contributed by atoms with Crippen LogP contribution in [-0.2, 0) is 19.1 Å². The molecule has 368 valence electrons. The lowest BCUT2D eigenvalue weighted by atomic mass is 9.85. The van der Waals surface area contributed by atoms with E-state index >= 15 is 0 Å². The predicted molar refractivity (Wildman–Crippen MR) is 183 cm³/mol. The zero-order chi connectivity index (χ0) is 51.0. The van der Waals surface area contributed by atoms with E-state index in [9.17, 15) is 110 Å². The first-order valence-electron chi connectivity index (χ1n) is 17.9. The summed E-state index contributed by atoms with van der Waals surface area (Å²) in [5, 5.41) is 8.49. The summed E-state index contributed by atoms with van der Waals surface area (Å²) in [6.45, 7) is 1.20. The van der Waals surface area contributed by atoms with E-state index in [1.54, 1.807) is 6.92 Å². The van der Waals surface area contributed by atoms with Gasteiger partial charge in [-0.15, -0.1) is 5.11 Å². The molecule has 0 aliphatic rings. The van der Waals surface area contributed by atoms with Crippen LogP contribution in [0.1, 0.15) is 57.9 Å². The molecule has 3 rings (SSSR count). The van der Waals surface area contributed by atoms with Crippen LogP contribution in [0.25, 0.3) is 12.2 Å². The lowest BCUT2D eigenvalue weighted by Gasteiger charge is -2.44. The van der Waals surface area contributed by atoms with Gasteiger partial charge >= 0.3 is 65.7 Å². The number of halogens is 24. The molecule has 0 spiro atoms. The Morgan fingerprint density at radius 2 is 0.909 bits per heavy atom. The lowest BCUT2D eigenvalue weighted by Crippen LogP contribution is -2.76. The highest BCUT2D eigenvalue weighted by molar-refractivity contribution is 5.77. The molecule has 0 N–H and O–H groups in total. The molecule has 0 bridgehead atoms. The van der Waals surface area contributed by atoms with Gasteiger partial charge in [-0.1, -0.05) is 78.9 Å². The van der Waals surface area contributed by atoms with Gasteiger partial charge in [0.2, 0.25) is 0 Å². The van der Waals surface area contributed by atoms with Gasteiger partial charge in [0.05, 0.1) is 17.8 Å². The summed E-state index contributed by atoms with van der Waals surface area (Å²) in [6, 6.07) is 12.4. The second-order valence-electron chi connectivity index (χ2n) is 14.1. The number of benzene rings is 3. The topological polar surface area (TPSA) is 45.0 Å². The molecule has 3 aromatic carbocycles. The molecule has 0 atom stereocenters. The normalized spacial score (nSPS) is 14.7. The molecule has 0 unspecified atom stereocenters. The standard InChI is InChI=1S/C38H27F24N3O/c1-2-17-65(64-63-27-14-13-23(18-26(27)29(41,42)43)8-3-21-6-11-25(20-66)12-7-21)19-24-9-4-22(5-10-24)15-16-28(39,40)30(44,45)31(46,47)32(48,49)33(50,51)34(52,53)35(54,55)36(56,57)37(58,59)38(60,61)62/h3-14,18,20H,2,15-17,19H2,1H3/b8-3+,64-63?. The molecule has 0 aliphatic heterocycles. The molecule has 0 amide bonds. The number of aryl methyl sites for hydroxylation is 1. The molecular weight excluding hydrogens is 970 g/mol. The Bertz CT molecular complexity index is 2200. The van der Waals surface area contributed by atoms with E-state index in [1.807, 2.05) is 0 Å². The van der Waals surface area contributed by atoms with E-state index in [0.29, 0.717) is 17.4 Å². The van der Waals surface area contributed by atoms with Crippen LogP contribution in [0.5, 0.6) is 0 Å². The molecular formula is C38H27F24N3O. The van der Waals surface area contributed by atoms with E-state index in [1.165, 1.54) is 42.5 Å². The highest BCUT2D eigenvalue weighted by Crippen LogP contribution is 2.66. The van der Waals surface area contributed by atoms with Crippen LogP contribution in [0.4, 0.5) is 111 Å². The van der Waals surface area contributed by atoms with Gasteiger partial charge in [0.1, 0.15) is 6.29 Å². The van der Waals surface area contributed by atoms with Crippen molar-refractivity contribution in [3.63, 3.8) is 0 Å². The van der Waals surface area contributed by atoms with Crippen molar-refractivity contribution in [2.75, 3.05) is 6.54 Å². The monoisotopic (exact) mass is 997 g/mol. The highest BCUT2D eigenvalue weighted by atomic mass is 19.4. The first-order valence-corrected chi connectivity index (χ1v) is 17.9. The smallest absolute Gasteiger partial charge is 0.298 e. The molecule has 4 nitrogen and oxygen atoms in total. The average Bonchev–Trinajstić information content (AvgIpc) is 3.20. The molecule has 0 heterocycles. The van der Waals surface area contributed by atoms with Gasteiger partial charge in [0, 0.05) is 18.5 Å². The molecule has 0 radical (unpaired) electrons. The van der Waals surface area contributed by atoms with E-state index in [2.05, 4.69) is 10.3 Å². The third-order valence-electron chi connectivity index (χ3n) is 9.32. The van der Waals surface area contributed by atoms with Crippen molar-refractivity contribution in [2.45, 2.75) is 98.4 Å². The number of carbonyl (C=O) groups is 1. The molecule has 0 aliphatic carbocycles. The minimum absolute atomic E-state index is 0.0262. The quantitative estimate of drug-likeness (QED) is 0.0372. The number of rotatable bonds is 20. The SMILES string of the molecule is CCCN(Cc1ccc(CCC(F)(F)C(F)(F)C(F)(F)C(F)(F)C(F)(F)C(F)(F)C(F)(F)C(F)(F)C(F)(F)C(F)(F)F)cc1)N=Nc1ccc(/C=C/c2ccc(C=O)cc2)cc1C(F)(F)F. The first-order chi connectivity index (χ1) is 29.7. The van der Waals surface area contributed by atoms with Crippen molar-refractivity contribution < 1.29 is 110 Å². The van der Waals surface area contributed by atoms with Gasteiger partial charge in [-0.2, -0.15) is 105 Å². The Morgan fingerprint density at radius 3 is 1.35 bits per heavy atom. The summed E-state index contributed by atoms with van der Waals surface area (Å²) in [4.78, 5) is 10.8. The summed E-state index contributed by atoms with van der Waals surface area (Å²) in [5.41, 5.74) is -1.46. The molecule has 0 aromatic heterocycles. The van der Waals surface area contributed by atoms with Gasteiger partial charge in [-0.25, -0.2) is 0 Å². The Hall–Kier alpha value is -5.21. The number of alkyl halides is 24. The first kappa shape index (κ1) is 55.1. The van der Waals surface area contributed by atoms with Crippen LogP contribution in [0, 0.1) is 0 Å². The maximum Gasteiger partial charge on any atom is 0.460 e. The number of nitrogens with zero attached hydrogens (tertiary/aromatic N) is 3. The second kappa shape index (κ2) is 18.5.